The summed E-state index contributed by atoms with van der Waals surface area (Å²) in [6, 6.07) is 12.9. The molecule has 1 N–H and O–H groups in total. The SMILES string of the molecule is CC(C)C1CCCC(C#N)(NCc2ccccc2)C1. The Hall–Kier alpha value is -1.33. The zero-order valence-electron chi connectivity index (χ0n) is 12.0. The van der Waals surface area contributed by atoms with E-state index in [9.17, 15) is 5.26 Å². The Bertz CT molecular complexity index is 432. The van der Waals surface area contributed by atoms with E-state index in [2.05, 4.69) is 37.4 Å². The Morgan fingerprint density at radius 1 is 1.37 bits per heavy atom. The number of nitrogens with one attached hydrogen (secondary N) is 1. The molecule has 1 aliphatic carbocycles. The van der Waals surface area contributed by atoms with Crippen LogP contribution in [0.2, 0.25) is 0 Å². The van der Waals surface area contributed by atoms with Crippen LogP contribution in [0, 0.1) is 23.2 Å². The number of hydrogen-bond donors (Lipinski definition) is 1. The van der Waals surface area contributed by atoms with Crippen molar-refractivity contribution in [3.8, 4) is 6.07 Å². The van der Waals surface area contributed by atoms with E-state index in [-0.39, 0.29) is 5.54 Å². The summed E-state index contributed by atoms with van der Waals surface area (Å²) < 4.78 is 0. The second kappa shape index (κ2) is 6.21. The molecule has 2 heteroatoms. The van der Waals surface area contributed by atoms with Crippen LogP contribution in [0.4, 0.5) is 0 Å². The molecule has 0 radical (unpaired) electrons. The number of nitriles is 1. The normalized spacial score (nSPS) is 27.2. The summed E-state index contributed by atoms with van der Waals surface area (Å²) in [6.07, 6.45) is 4.42. The van der Waals surface area contributed by atoms with Crippen molar-refractivity contribution in [3.63, 3.8) is 0 Å². The summed E-state index contributed by atoms with van der Waals surface area (Å²) in [5.41, 5.74) is 0.937. The van der Waals surface area contributed by atoms with Crippen molar-refractivity contribution in [1.82, 2.24) is 5.32 Å². The molecule has 0 saturated heterocycles. The van der Waals surface area contributed by atoms with Crippen molar-refractivity contribution in [1.29, 1.82) is 5.26 Å². The monoisotopic (exact) mass is 256 g/mol. The van der Waals surface area contributed by atoms with Gasteiger partial charge in [-0.05, 0) is 36.7 Å². The van der Waals surface area contributed by atoms with Gasteiger partial charge in [-0.25, -0.2) is 0 Å². The van der Waals surface area contributed by atoms with Gasteiger partial charge in [-0.1, -0.05) is 50.6 Å². The topological polar surface area (TPSA) is 35.8 Å². The van der Waals surface area contributed by atoms with E-state index in [0.717, 1.165) is 25.8 Å². The smallest absolute Gasteiger partial charge is 0.107 e. The standard InChI is InChI=1S/C17H24N2/c1-14(2)16-9-6-10-17(11-16,13-18)19-12-15-7-4-3-5-8-15/h3-5,7-8,14,16,19H,6,9-12H2,1-2H3. The van der Waals surface area contributed by atoms with Gasteiger partial charge in [0.25, 0.3) is 0 Å². The fourth-order valence-corrected chi connectivity index (χ4v) is 3.06. The molecule has 0 aliphatic heterocycles. The van der Waals surface area contributed by atoms with Gasteiger partial charge in [0.2, 0.25) is 0 Å². The van der Waals surface area contributed by atoms with Gasteiger partial charge in [0.1, 0.15) is 5.54 Å². The predicted octanol–water partition coefficient (Wildman–Crippen LogP) is 3.88. The summed E-state index contributed by atoms with van der Waals surface area (Å²) in [6.45, 7) is 5.34. The van der Waals surface area contributed by atoms with Crippen LogP contribution in [0.25, 0.3) is 0 Å². The van der Waals surface area contributed by atoms with Crippen molar-refractivity contribution >= 4 is 0 Å². The zero-order chi connectivity index (χ0) is 13.7. The quantitative estimate of drug-likeness (QED) is 0.887. The minimum Gasteiger partial charge on any atom is -0.295 e. The number of rotatable bonds is 4. The first kappa shape index (κ1) is 14.1. The zero-order valence-corrected chi connectivity index (χ0v) is 12.0. The molecule has 2 rings (SSSR count). The lowest BCUT2D eigenvalue weighted by atomic mass is 9.72. The van der Waals surface area contributed by atoms with E-state index in [0.29, 0.717) is 11.8 Å². The van der Waals surface area contributed by atoms with E-state index in [4.69, 9.17) is 0 Å². The van der Waals surface area contributed by atoms with Gasteiger partial charge < -0.3 is 0 Å². The van der Waals surface area contributed by atoms with E-state index in [1.54, 1.807) is 0 Å². The second-order valence-electron chi connectivity index (χ2n) is 6.13. The van der Waals surface area contributed by atoms with Crippen LogP contribution >= 0.6 is 0 Å². The molecule has 0 spiro atoms. The highest BCUT2D eigenvalue weighted by molar-refractivity contribution is 5.17. The Balaban J connectivity index is 2.00. The molecule has 0 bridgehead atoms. The van der Waals surface area contributed by atoms with E-state index >= 15 is 0 Å². The van der Waals surface area contributed by atoms with E-state index in [1.807, 2.05) is 18.2 Å². The largest absolute Gasteiger partial charge is 0.295 e. The lowest BCUT2D eigenvalue weighted by Gasteiger charge is -2.38. The highest BCUT2D eigenvalue weighted by atomic mass is 15.0. The first-order chi connectivity index (χ1) is 9.15. The molecular weight excluding hydrogens is 232 g/mol. The highest BCUT2D eigenvalue weighted by Crippen LogP contribution is 2.36. The molecule has 1 saturated carbocycles. The van der Waals surface area contributed by atoms with Crippen LogP contribution in [0.5, 0.6) is 0 Å². The van der Waals surface area contributed by atoms with Crippen molar-refractivity contribution < 1.29 is 0 Å². The average molecular weight is 256 g/mol. The minimum atomic E-state index is -0.316. The molecule has 2 atom stereocenters. The van der Waals surface area contributed by atoms with Crippen molar-refractivity contribution in [2.75, 3.05) is 0 Å². The molecule has 0 aromatic heterocycles. The Morgan fingerprint density at radius 2 is 2.11 bits per heavy atom. The van der Waals surface area contributed by atoms with Gasteiger partial charge in [0, 0.05) is 6.54 Å². The highest BCUT2D eigenvalue weighted by Gasteiger charge is 2.36. The Morgan fingerprint density at radius 3 is 2.74 bits per heavy atom. The number of hydrogen-bond acceptors (Lipinski definition) is 2. The lowest BCUT2D eigenvalue weighted by molar-refractivity contribution is 0.188. The lowest BCUT2D eigenvalue weighted by Crippen LogP contribution is -2.47. The first-order valence-electron chi connectivity index (χ1n) is 7.35. The molecule has 1 aromatic rings. The molecule has 102 valence electrons. The van der Waals surface area contributed by atoms with Gasteiger partial charge in [-0.2, -0.15) is 5.26 Å². The molecule has 0 heterocycles. The fraction of sp³-hybridized carbons (Fsp3) is 0.588. The Kier molecular flexibility index (Phi) is 4.61. The maximum Gasteiger partial charge on any atom is 0.107 e. The molecule has 2 nitrogen and oxygen atoms in total. The summed E-state index contributed by atoms with van der Waals surface area (Å²) in [5.74, 6) is 1.35. The van der Waals surface area contributed by atoms with Crippen LogP contribution in [0.1, 0.15) is 45.1 Å². The molecule has 2 unspecified atom stereocenters. The second-order valence-corrected chi connectivity index (χ2v) is 6.13. The summed E-state index contributed by atoms with van der Waals surface area (Å²) in [7, 11) is 0. The minimum absolute atomic E-state index is 0.316. The van der Waals surface area contributed by atoms with Gasteiger partial charge in [-0.15, -0.1) is 0 Å². The van der Waals surface area contributed by atoms with Gasteiger partial charge in [-0.3, -0.25) is 5.32 Å². The molecule has 0 amide bonds. The molecule has 19 heavy (non-hydrogen) atoms. The Labute approximate surface area is 116 Å². The third kappa shape index (κ3) is 3.58. The maximum atomic E-state index is 9.61. The third-order valence-corrected chi connectivity index (χ3v) is 4.42. The van der Waals surface area contributed by atoms with Gasteiger partial charge >= 0.3 is 0 Å². The van der Waals surface area contributed by atoms with Crippen LogP contribution in [0.3, 0.4) is 0 Å². The molecule has 1 fully saturated rings. The van der Waals surface area contributed by atoms with Gasteiger partial charge in [0.15, 0.2) is 0 Å². The summed E-state index contributed by atoms with van der Waals surface area (Å²) in [4.78, 5) is 0. The fourth-order valence-electron chi connectivity index (χ4n) is 3.06. The van der Waals surface area contributed by atoms with Crippen molar-refractivity contribution in [2.24, 2.45) is 11.8 Å². The van der Waals surface area contributed by atoms with E-state index < -0.39 is 0 Å². The summed E-state index contributed by atoms with van der Waals surface area (Å²) >= 11 is 0. The predicted molar refractivity (Wildman–Crippen MR) is 78.4 cm³/mol. The van der Waals surface area contributed by atoms with Crippen LogP contribution < -0.4 is 5.32 Å². The van der Waals surface area contributed by atoms with E-state index in [1.165, 1.54) is 12.0 Å². The third-order valence-electron chi connectivity index (χ3n) is 4.42. The maximum absolute atomic E-state index is 9.61. The number of nitrogens with zero attached hydrogens (tertiary/aromatic N) is 1. The van der Waals surface area contributed by atoms with Crippen molar-refractivity contribution in [3.05, 3.63) is 35.9 Å². The summed E-state index contributed by atoms with van der Waals surface area (Å²) in [5, 5.41) is 13.1. The van der Waals surface area contributed by atoms with Crippen LogP contribution in [0.15, 0.2) is 30.3 Å². The molecule has 1 aliphatic rings. The number of benzene rings is 1. The van der Waals surface area contributed by atoms with Crippen LogP contribution in [-0.4, -0.2) is 5.54 Å². The molecular formula is C17H24N2. The average Bonchev–Trinajstić information content (AvgIpc) is 2.46. The van der Waals surface area contributed by atoms with Crippen LogP contribution in [-0.2, 0) is 6.54 Å². The molecule has 1 aromatic carbocycles. The first-order valence-corrected chi connectivity index (χ1v) is 7.35. The van der Waals surface area contributed by atoms with Crippen molar-refractivity contribution in [2.45, 2.75) is 51.6 Å². The van der Waals surface area contributed by atoms with Gasteiger partial charge in [0.05, 0.1) is 6.07 Å².